The summed E-state index contributed by atoms with van der Waals surface area (Å²) < 4.78 is 5.17. The van der Waals surface area contributed by atoms with Crippen LogP contribution < -0.4 is 0 Å². The molecular weight excluding hydrogens is 276 g/mol. The van der Waals surface area contributed by atoms with E-state index in [0.717, 1.165) is 30.4 Å². The standard InChI is InChI=1S/C19H22O3/c1-10-8-19-9-12(10)4-6-14(19)13-5-7-15(20)11(2)16(13)17(19)18(21)22-3/h5,7,12,14,17,20H,1,4,6,8-9H2,2-3H3. The summed E-state index contributed by atoms with van der Waals surface area (Å²) in [5.41, 5.74) is 4.33. The lowest BCUT2D eigenvalue weighted by molar-refractivity contribution is -0.146. The van der Waals surface area contributed by atoms with Crippen molar-refractivity contribution in [3.63, 3.8) is 0 Å². The topological polar surface area (TPSA) is 46.5 Å². The Balaban J connectivity index is 1.97. The van der Waals surface area contributed by atoms with Crippen LogP contribution in [0.5, 0.6) is 5.75 Å². The van der Waals surface area contributed by atoms with Crippen molar-refractivity contribution < 1.29 is 14.6 Å². The molecule has 0 aliphatic heterocycles. The number of methoxy groups -OCH3 is 1. The van der Waals surface area contributed by atoms with E-state index in [1.54, 1.807) is 6.07 Å². The van der Waals surface area contributed by atoms with Crippen molar-refractivity contribution in [2.24, 2.45) is 11.3 Å². The monoisotopic (exact) mass is 298 g/mol. The van der Waals surface area contributed by atoms with Gasteiger partial charge in [0.05, 0.1) is 13.0 Å². The van der Waals surface area contributed by atoms with Gasteiger partial charge in [-0.25, -0.2) is 0 Å². The molecule has 2 fully saturated rings. The number of phenols is 1. The second-order valence-corrected chi connectivity index (χ2v) is 7.27. The number of phenolic OH excluding ortho intramolecular Hbond substituents is 1. The Morgan fingerprint density at radius 2 is 2.18 bits per heavy atom. The lowest BCUT2D eigenvalue weighted by atomic mass is 9.64. The van der Waals surface area contributed by atoms with Crippen molar-refractivity contribution in [1.29, 1.82) is 0 Å². The second-order valence-electron chi connectivity index (χ2n) is 7.27. The summed E-state index contributed by atoms with van der Waals surface area (Å²) in [5.74, 6) is 0.795. The number of esters is 1. The van der Waals surface area contributed by atoms with E-state index in [1.807, 2.05) is 13.0 Å². The molecule has 4 unspecified atom stereocenters. The fourth-order valence-corrected chi connectivity index (χ4v) is 5.54. The third-order valence-corrected chi connectivity index (χ3v) is 6.45. The van der Waals surface area contributed by atoms with Crippen molar-refractivity contribution in [3.8, 4) is 5.75 Å². The molecule has 2 saturated carbocycles. The molecule has 3 nitrogen and oxygen atoms in total. The lowest BCUT2D eigenvalue weighted by Gasteiger charge is -2.39. The van der Waals surface area contributed by atoms with Crippen LogP contribution in [-0.2, 0) is 9.53 Å². The van der Waals surface area contributed by atoms with Crippen molar-refractivity contribution in [1.82, 2.24) is 0 Å². The zero-order chi connectivity index (χ0) is 15.6. The lowest BCUT2D eigenvalue weighted by Crippen LogP contribution is -2.34. The average molecular weight is 298 g/mol. The third kappa shape index (κ3) is 1.49. The SMILES string of the molecule is C=C1CC23CC1CCC2c1ccc(O)c(C)c1C3C(=O)OC. The molecule has 1 aromatic carbocycles. The highest BCUT2D eigenvalue weighted by molar-refractivity contribution is 5.83. The van der Waals surface area contributed by atoms with Gasteiger partial charge in [-0.3, -0.25) is 4.79 Å². The normalized spacial score (nSPS) is 35.2. The van der Waals surface area contributed by atoms with Crippen LogP contribution in [0.2, 0.25) is 0 Å². The van der Waals surface area contributed by atoms with Crippen molar-refractivity contribution in [2.75, 3.05) is 7.11 Å². The zero-order valence-corrected chi connectivity index (χ0v) is 13.2. The molecule has 1 aromatic rings. The molecule has 2 bridgehead atoms. The largest absolute Gasteiger partial charge is 0.508 e. The Labute approximate surface area is 131 Å². The quantitative estimate of drug-likeness (QED) is 0.633. The van der Waals surface area contributed by atoms with Crippen LogP contribution in [0.25, 0.3) is 0 Å². The summed E-state index contributed by atoms with van der Waals surface area (Å²) in [6.07, 6.45) is 4.22. The highest BCUT2D eigenvalue weighted by atomic mass is 16.5. The predicted octanol–water partition coefficient (Wildman–Crippen LogP) is 3.80. The summed E-state index contributed by atoms with van der Waals surface area (Å²) in [6, 6.07) is 3.80. The summed E-state index contributed by atoms with van der Waals surface area (Å²) in [5, 5.41) is 10.1. The smallest absolute Gasteiger partial charge is 0.313 e. The van der Waals surface area contributed by atoms with Crippen LogP contribution in [0.3, 0.4) is 0 Å². The van der Waals surface area contributed by atoms with Gasteiger partial charge in [0.15, 0.2) is 0 Å². The van der Waals surface area contributed by atoms with Gasteiger partial charge in [0.1, 0.15) is 5.75 Å². The molecule has 3 aliphatic carbocycles. The Kier molecular flexibility index (Phi) is 2.76. The average Bonchev–Trinajstić information content (AvgIpc) is 2.93. The Morgan fingerprint density at radius 3 is 2.91 bits per heavy atom. The number of hydrogen-bond acceptors (Lipinski definition) is 3. The van der Waals surface area contributed by atoms with E-state index >= 15 is 0 Å². The highest BCUT2D eigenvalue weighted by Crippen LogP contribution is 2.70. The maximum absolute atomic E-state index is 12.7. The van der Waals surface area contributed by atoms with Gasteiger partial charge < -0.3 is 9.84 Å². The predicted molar refractivity (Wildman–Crippen MR) is 83.9 cm³/mol. The molecule has 116 valence electrons. The number of carbonyl (C=O) groups excluding carboxylic acids is 1. The summed E-state index contributed by atoms with van der Waals surface area (Å²) in [4.78, 5) is 12.7. The van der Waals surface area contributed by atoms with Gasteiger partial charge in [-0.15, -0.1) is 0 Å². The van der Waals surface area contributed by atoms with Crippen LogP contribution in [-0.4, -0.2) is 18.2 Å². The number of allylic oxidation sites excluding steroid dienone is 1. The molecule has 0 heterocycles. The third-order valence-electron chi connectivity index (χ3n) is 6.45. The van der Waals surface area contributed by atoms with Gasteiger partial charge in [0.25, 0.3) is 0 Å². The Hall–Kier alpha value is -1.77. The van der Waals surface area contributed by atoms with Crippen LogP contribution in [0.1, 0.15) is 54.2 Å². The van der Waals surface area contributed by atoms with Gasteiger partial charge in [-0.1, -0.05) is 18.2 Å². The molecule has 3 heteroatoms. The van der Waals surface area contributed by atoms with Gasteiger partial charge >= 0.3 is 5.97 Å². The summed E-state index contributed by atoms with van der Waals surface area (Å²) >= 11 is 0. The molecule has 1 N–H and O–H groups in total. The second kappa shape index (κ2) is 4.37. The minimum absolute atomic E-state index is 0.0754. The number of aromatic hydroxyl groups is 1. The van der Waals surface area contributed by atoms with E-state index in [4.69, 9.17) is 4.74 Å². The molecule has 1 spiro atoms. The van der Waals surface area contributed by atoms with Crippen LogP contribution >= 0.6 is 0 Å². The molecule has 4 atom stereocenters. The summed E-state index contributed by atoms with van der Waals surface area (Å²) in [7, 11) is 1.47. The minimum Gasteiger partial charge on any atom is -0.508 e. The number of benzene rings is 1. The maximum atomic E-state index is 12.7. The first kappa shape index (κ1) is 13.9. The fourth-order valence-electron chi connectivity index (χ4n) is 5.54. The van der Waals surface area contributed by atoms with Gasteiger partial charge in [0.2, 0.25) is 0 Å². The number of carbonyl (C=O) groups is 1. The minimum atomic E-state index is -0.258. The van der Waals surface area contributed by atoms with Crippen LogP contribution in [0.4, 0.5) is 0 Å². The molecule has 0 aromatic heterocycles. The fraction of sp³-hybridized carbons (Fsp3) is 0.526. The Morgan fingerprint density at radius 1 is 1.41 bits per heavy atom. The first-order valence-corrected chi connectivity index (χ1v) is 8.07. The van der Waals surface area contributed by atoms with Crippen molar-refractivity contribution >= 4 is 5.97 Å². The van der Waals surface area contributed by atoms with E-state index < -0.39 is 0 Å². The Bertz CT molecular complexity index is 690. The first-order chi connectivity index (χ1) is 10.5. The summed E-state index contributed by atoms with van der Waals surface area (Å²) in [6.45, 7) is 6.19. The zero-order valence-electron chi connectivity index (χ0n) is 13.2. The molecule has 22 heavy (non-hydrogen) atoms. The van der Waals surface area contributed by atoms with Gasteiger partial charge in [0, 0.05) is 0 Å². The van der Waals surface area contributed by atoms with E-state index in [-0.39, 0.29) is 23.1 Å². The molecule has 0 radical (unpaired) electrons. The molecule has 0 amide bonds. The van der Waals surface area contributed by atoms with Crippen LogP contribution in [0.15, 0.2) is 24.3 Å². The number of rotatable bonds is 1. The molecule has 0 saturated heterocycles. The van der Waals surface area contributed by atoms with E-state index in [9.17, 15) is 9.90 Å². The highest BCUT2D eigenvalue weighted by Gasteiger charge is 2.62. The van der Waals surface area contributed by atoms with E-state index in [2.05, 4.69) is 6.58 Å². The van der Waals surface area contributed by atoms with E-state index in [1.165, 1.54) is 24.7 Å². The molecule has 4 rings (SSSR count). The molecule has 3 aliphatic rings. The maximum Gasteiger partial charge on any atom is 0.313 e. The van der Waals surface area contributed by atoms with Crippen LogP contribution in [0, 0.1) is 18.3 Å². The van der Waals surface area contributed by atoms with Gasteiger partial charge in [-0.2, -0.15) is 0 Å². The van der Waals surface area contributed by atoms with Crippen molar-refractivity contribution in [2.45, 2.75) is 44.4 Å². The van der Waals surface area contributed by atoms with Crippen molar-refractivity contribution in [3.05, 3.63) is 41.0 Å². The number of fused-ring (bicyclic) bond motifs is 3. The number of ether oxygens (including phenoxy) is 1. The van der Waals surface area contributed by atoms with Gasteiger partial charge in [-0.05, 0) is 72.6 Å². The first-order valence-electron chi connectivity index (χ1n) is 8.07. The van der Waals surface area contributed by atoms with E-state index in [0.29, 0.717) is 11.8 Å². The number of hydrogen-bond donors (Lipinski definition) is 1. The molecular formula is C19H22O3.